The van der Waals surface area contributed by atoms with E-state index in [1.165, 1.54) is 27.1 Å². The fourth-order valence-electron chi connectivity index (χ4n) is 10.1. The molecule has 0 bridgehead atoms. The highest BCUT2D eigenvalue weighted by Crippen LogP contribution is 2.46. The average molecular weight is 856 g/mol. The Morgan fingerprint density at radius 3 is 1.54 bits per heavy atom. The van der Waals surface area contributed by atoms with Gasteiger partial charge in [-0.05, 0) is 77.2 Å². The Balaban J connectivity index is 1.14. The molecular formula is C62H41N5. The standard InChI is InChI=1S/C62H41N5/c1-4-20-43(21-5-1)61-60(41-63-62(64-61)44-22-6-2-7-23-44)67(55-34-18-24-42-19-10-11-27-50(42)55)49-38-46(37-48(40-49)66-57-32-16-12-28-51(57)52-29-13-17-33-58(52)66)45-35-36-54-53-30-14-15-31-56(53)65(59(54)39-45)47-25-8-3-9-26-47/h1-41H. The third-order valence-electron chi connectivity index (χ3n) is 13.1. The first-order chi connectivity index (χ1) is 33.2. The molecule has 5 nitrogen and oxygen atoms in total. The molecule has 0 saturated heterocycles. The number of benzene rings is 10. The van der Waals surface area contributed by atoms with Crippen molar-refractivity contribution < 1.29 is 0 Å². The number of hydrogen-bond acceptors (Lipinski definition) is 3. The molecule has 0 aliphatic carbocycles. The van der Waals surface area contributed by atoms with Crippen LogP contribution >= 0.6 is 0 Å². The lowest BCUT2D eigenvalue weighted by molar-refractivity contribution is 1.14. The molecule has 0 aliphatic rings. The summed E-state index contributed by atoms with van der Waals surface area (Å²) in [5.41, 5.74) is 14.6. The molecular weight excluding hydrogens is 815 g/mol. The molecule has 3 heterocycles. The molecule has 0 fully saturated rings. The van der Waals surface area contributed by atoms with Crippen LogP contribution in [0.3, 0.4) is 0 Å². The molecule has 67 heavy (non-hydrogen) atoms. The minimum Gasteiger partial charge on any atom is -0.309 e. The summed E-state index contributed by atoms with van der Waals surface area (Å²) >= 11 is 0. The summed E-state index contributed by atoms with van der Waals surface area (Å²) in [6, 6.07) is 86.8. The van der Waals surface area contributed by atoms with Crippen LogP contribution in [0.4, 0.5) is 17.1 Å². The molecule has 3 aromatic heterocycles. The van der Waals surface area contributed by atoms with Gasteiger partial charge in [0.2, 0.25) is 0 Å². The van der Waals surface area contributed by atoms with Gasteiger partial charge in [-0.2, -0.15) is 0 Å². The van der Waals surface area contributed by atoms with Gasteiger partial charge in [0, 0.05) is 55.1 Å². The van der Waals surface area contributed by atoms with Gasteiger partial charge in [-0.25, -0.2) is 9.97 Å². The monoisotopic (exact) mass is 855 g/mol. The summed E-state index contributed by atoms with van der Waals surface area (Å²) in [5.74, 6) is 0.669. The first-order valence-corrected chi connectivity index (χ1v) is 22.7. The van der Waals surface area contributed by atoms with E-state index in [9.17, 15) is 0 Å². The largest absolute Gasteiger partial charge is 0.309 e. The highest BCUT2D eigenvalue weighted by molar-refractivity contribution is 6.11. The van der Waals surface area contributed by atoms with Crippen LogP contribution in [0.5, 0.6) is 0 Å². The fourth-order valence-corrected chi connectivity index (χ4v) is 10.1. The predicted octanol–water partition coefficient (Wildman–Crippen LogP) is 16.3. The maximum absolute atomic E-state index is 5.43. The van der Waals surface area contributed by atoms with E-state index in [0.29, 0.717) is 5.82 Å². The lowest BCUT2D eigenvalue weighted by atomic mass is 10.00. The van der Waals surface area contributed by atoms with Gasteiger partial charge < -0.3 is 14.0 Å². The van der Waals surface area contributed by atoms with Crippen LogP contribution in [0.25, 0.3) is 99.5 Å². The third kappa shape index (κ3) is 6.47. The van der Waals surface area contributed by atoms with Gasteiger partial charge in [-0.3, -0.25) is 0 Å². The second kappa shape index (κ2) is 15.9. The van der Waals surface area contributed by atoms with E-state index < -0.39 is 0 Å². The lowest BCUT2D eigenvalue weighted by Crippen LogP contribution is -2.14. The van der Waals surface area contributed by atoms with Crippen LogP contribution in [0.1, 0.15) is 0 Å². The Morgan fingerprint density at radius 1 is 0.328 bits per heavy atom. The normalized spacial score (nSPS) is 11.6. The number of nitrogens with zero attached hydrogens (tertiary/aromatic N) is 5. The van der Waals surface area contributed by atoms with Crippen LogP contribution in [-0.4, -0.2) is 19.1 Å². The zero-order valence-electron chi connectivity index (χ0n) is 36.4. The van der Waals surface area contributed by atoms with Gasteiger partial charge >= 0.3 is 0 Å². The van der Waals surface area contributed by atoms with Gasteiger partial charge in [0.1, 0.15) is 0 Å². The van der Waals surface area contributed by atoms with Crippen molar-refractivity contribution in [3.63, 3.8) is 0 Å². The highest BCUT2D eigenvalue weighted by Gasteiger charge is 2.25. The van der Waals surface area contributed by atoms with Crippen LogP contribution in [0, 0.1) is 0 Å². The van der Waals surface area contributed by atoms with E-state index in [1.54, 1.807) is 0 Å². The molecule has 0 aliphatic heterocycles. The summed E-state index contributed by atoms with van der Waals surface area (Å²) in [6.07, 6.45) is 2.01. The zero-order valence-corrected chi connectivity index (χ0v) is 36.4. The summed E-state index contributed by atoms with van der Waals surface area (Å²) in [6.45, 7) is 0. The maximum Gasteiger partial charge on any atom is 0.159 e. The number of hydrogen-bond donors (Lipinski definition) is 0. The van der Waals surface area contributed by atoms with Gasteiger partial charge in [0.15, 0.2) is 5.82 Å². The van der Waals surface area contributed by atoms with Crippen molar-refractivity contribution in [2.24, 2.45) is 0 Å². The van der Waals surface area contributed by atoms with Gasteiger partial charge in [0.05, 0.1) is 45.3 Å². The summed E-state index contributed by atoms with van der Waals surface area (Å²) in [7, 11) is 0. The molecule has 0 spiro atoms. The Bertz CT molecular complexity index is 3920. The van der Waals surface area contributed by atoms with Crippen molar-refractivity contribution in [3.05, 3.63) is 249 Å². The summed E-state index contributed by atoms with van der Waals surface area (Å²) < 4.78 is 4.82. The number of para-hydroxylation sites is 4. The van der Waals surface area contributed by atoms with Crippen molar-refractivity contribution >= 4 is 71.4 Å². The van der Waals surface area contributed by atoms with Crippen molar-refractivity contribution in [3.8, 4) is 45.1 Å². The Labute approximate surface area is 387 Å². The first kappa shape index (κ1) is 38.4. The van der Waals surface area contributed by atoms with E-state index >= 15 is 0 Å². The van der Waals surface area contributed by atoms with Crippen LogP contribution in [0.2, 0.25) is 0 Å². The number of fused-ring (bicyclic) bond motifs is 7. The van der Waals surface area contributed by atoms with Gasteiger partial charge in [-0.1, -0.05) is 182 Å². The number of anilines is 3. The third-order valence-corrected chi connectivity index (χ3v) is 13.1. The van der Waals surface area contributed by atoms with Crippen molar-refractivity contribution in [2.45, 2.75) is 0 Å². The molecule has 10 aromatic carbocycles. The van der Waals surface area contributed by atoms with E-state index in [2.05, 4.69) is 238 Å². The minimum atomic E-state index is 0.669. The molecule has 0 amide bonds. The molecule has 314 valence electrons. The molecule has 0 radical (unpaired) electrons. The average Bonchev–Trinajstić information content (AvgIpc) is 3.92. The molecule has 0 saturated carbocycles. The quantitative estimate of drug-likeness (QED) is 0.153. The van der Waals surface area contributed by atoms with Crippen LogP contribution < -0.4 is 4.90 Å². The van der Waals surface area contributed by atoms with Crippen molar-refractivity contribution in [1.82, 2.24) is 19.1 Å². The molecule has 13 rings (SSSR count). The second-order valence-electron chi connectivity index (χ2n) is 17.0. The number of rotatable bonds is 8. The first-order valence-electron chi connectivity index (χ1n) is 22.7. The lowest BCUT2D eigenvalue weighted by Gasteiger charge is -2.29. The van der Waals surface area contributed by atoms with Gasteiger partial charge in [-0.15, -0.1) is 0 Å². The predicted molar refractivity (Wildman–Crippen MR) is 279 cm³/mol. The Hall–Kier alpha value is -9.06. The Morgan fingerprint density at radius 2 is 0.866 bits per heavy atom. The molecule has 0 N–H and O–H groups in total. The van der Waals surface area contributed by atoms with Crippen molar-refractivity contribution in [1.29, 1.82) is 0 Å². The van der Waals surface area contributed by atoms with Crippen LogP contribution in [0.15, 0.2) is 249 Å². The molecule has 13 aromatic rings. The smallest absolute Gasteiger partial charge is 0.159 e. The zero-order chi connectivity index (χ0) is 44.3. The van der Waals surface area contributed by atoms with E-state index in [4.69, 9.17) is 9.97 Å². The molecule has 0 unspecified atom stereocenters. The molecule has 5 heteroatoms. The van der Waals surface area contributed by atoms with E-state index in [1.807, 2.05) is 24.4 Å². The SMILES string of the molecule is c1ccc(-c2ncc(N(c3cc(-c4ccc5c6ccccc6n(-c6ccccc6)c5c4)cc(-n4c5ccccc5c5ccccc54)c3)c3cccc4ccccc34)c(-c3ccccc3)n2)cc1. The van der Waals surface area contributed by atoms with E-state index in [0.717, 1.165) is 83.7 Å². The fraction of sp³-hybridized carbons (Fsp3) is 0. The number of aromatic nitrogens is 4. The topological polar surface area (TPSA) is 38.9 Å². The highest BCUT2D eigenvalue weighted by atomic mass is 15.2. The minimum absolute atomic E-state index is 0.669. The Kier molecular flexibility index (Phi) is 9.10. The van der Waals surface area contributed by atoms with Gasteiger partial charge in [0.25, 0.3) is 0 Å². The summed E-state index contributed by atoms with van der Waals surface area (Å²) in [5, 5.41) is 7.12. The van der Waals surface area contributed by atoms with E-state index in [-0.39, 0.29) is 0 Å². The second-order valence-corrected chi connectivity index (χ2v) is 17.0. The maximum atomic E-state index is 5.43. The molecule has 0 atom stereocenters. The summed E-state index contributed by atoms with van der Waals surface area (Å²) in [4.78, 5) is 13.0. The van der Waals surface area contributed by atoms with Crippen LogP contribution in [-0.2, 0) is 0 Å². The van der Waals surface area contributed by atoms with Crippen molar-refractivity contribution in [2.75, 3.05) is 4.90 Å².